The SMILES string of the molecule is CCS(=O)(=O)N1CCc2ccc(Nc3ncc4c(=O)n(C(C)C)n(-c5ccnc(C(C)(C)C)c5)c4n3)cc2C1. The van der Waals surface area contributed by atoms with E-state index in [4.69, 9.17) is 4.98 Å². The van der Waals surface area contributed by atoms with Crippen molar-refractivity contribution in [3.05, 3.63) is 69.9 Å². The minimum absolute atomic E-state index is 0.0839. The molecule has 1 aliphatic heterocycles. The Labute approximate surface area is 228 Å². The highest BCUT2D eigenvalue weighted by atomic mass is 32.2. The van der Waals surface area contributed by atoms with Gasteiger partial charge < -0.3 is 5.32 Å². The molecule has 1 aromatic carbocycles. The lowest BCUT2D eigenvalue weighted by molar-refractivity contribution is 0.392. The molecule has 0 spiro atoms. The van der Waals surface area contributed by atoms with E-state index in [1.165, 1.54) is 4.31 Å². The molecule has 1 aliphatic rings. The van der Waals surface area contributed by atoms with Gasteiger partial charge in [0.2, 0.25) is 16.0 Å². The maximum absolute atomic E-state index is 13.4. The van der Waals surface area contributed by atoms with Gasteiger partial charge in [0.1, 0.15) is 5.39 Å². The van der Waals surface area contributed by atoms with Crippen LogP contribution in [0.25, 0.3) is 16.7 Å². The van der Waals surface area contributed by atoms with E-state index in [1.54, 1.807) is 24.0 Å². The number of anilines is 2. The summed E-state index contributed by atoms with van der Waals surface area (Å²) in [5.41, 5.74) is 4.72. The van der Waals surface area contributed by atoms with E-state index in [9.17, 15) is 13.2 Å². The third kappa shape index (κ3) is 5.08. The molecular formula is C28H35N7O3S. The summed E-state index contributed by atoms with van der Waals surface area (Å²) in [5.74, 6) is 0.427. The fourth-order valence-corrected chi connectivity index (χ4v) is 5.96. The standard InChI is InChI=1S/C28H35N7O3S/c1-7-39(37,38)33-13-11-19-8-9-21(14-20(19)17-33)31-27-30-16-23-25(32-27)35(34(18(2)3)26(23)36)22-10-12-29-24(15-22)28(4,5)6/h8-10,12,14-16,18H,7,11,13,17H2,1-6H3,(H,30,31,32). The molecule has 206 valence electrons. The zero-order valence-electron chi connectivity index (χ0n) is 23.3. The van der Waals surface area contributed by atoms with Gasteiger partial charge in [0.25, 0.3) is 5.56 Å². The molecule has 0 atom stereocenters. The normalized spacial score (nSPS) is 14.6. The molecule has 5 rings (SSSR count). The van der Waals surface area contributed by atoms with Crippen molar-refractivity contribution in [2.45, 2.75) is 66.0 Å². The van der Waals surface area contributed by atoms with E-state index in [1.807, 2.05) is 48.9 Å². The van der Waals surface area contributed by atoms with Crippen LogP contribution in [0.3, 0.4) is 0 Å². The van der Waals surface area contributed by atoms with E-state index in [0.717, 1.165) is 28.2 Å². The molecule has 1 N–H and O–H groups in total. The first-order valence-electron chi connectivity index (χ1n) is 13.2. The molecule has 11 heteroatoms. The molecule has 0 unspecified atom stereocenters. The summed E-state index contributed by atoms with van der Waals surface area (Å²) in [5, 5.41) is 3.68. The minimum atomic E-state index is -3.26. The van der Waals surface area contributed by atoms with Crippen LogP contribution in [-0.2, 0) is 28.4 Å². The highest BCUT2D eigenvalue weighted by Gasteiger charge is 2.26. The molecule has 4 aromatic rings. The fraction of sp³-hybridized carbons (Fsp3) is 0.429. The molecular weight excluding hydrogens is 514 g/mol. The first kappa shape index (κ1) is 27.0. The van der Waals surface area contributed by atoms with Crippen LogP contribution < -0.4 is 10.9 Å². The molecule has 0 amide bonds. The van der Waals surface area contributed by atoms with Gasteiger partial charge in [-0.2, -0.15) is 9.29 Å². The highest BCUT2D eigenvalue weighted by molar-refractivity contribution is 7.89. The molecule has 4 heterocycles. The Morgan fingerprint density at radius 3 is 2.54 bits per heavy atom. The van der Waals surface area contributed by atoms with E-state index in [-0.39, 0.29) is 22.8 Å². The second-order valence-electron chi connectivity index (χ2n) is 11.2. The summed E-state index contributed by atoms with van der Waals surface area (Å²) < 4.78 is 29.9. The zero-order chi connectivity index (χ0) is 28.1. The van der Waals surface area contributed by atoms with Crippen LogP contribution in [0, 0.1) is 0 Å². The quantitative estimate of drug-likeness (QED) is 0.381. The van der Waals surface area contributed by atoms with Gasteiger partial charge in [0.05, 0.1) is 11.4 Å². The fourth-order valence-electron chi connectivity index (χ4n) is 4.89. The summed E-state index contributed by atoms with van der Waals surface area (Å²) in [7, 11) is -3.26. The maximum Gasteiger partial charge on any atom is 0.278 e. The van der Waals surface area contributed by atoms with Crippen molar-refractivity contribution in [1.82, 2.24) is 28.6 Å². The van der Waals surface area contributed by atoms with Crippen LogP contribution in [-0.4, -0.2) is 49.3 Å². The van der Waals surface area contributed by atoms with Crippen molar-refractivity contribution in [2.75, 3.05) is 17.6 Å². The summed E-state index contributed by atoms with van der Waals surface area (Å²) in [6.07, 6.45) is 3.99. The van der Waals surface area contributed by atoms with Crippen molar-refractivity contribution in [3.8, 4) is 5.69 Å². The van der Waals surface area contributed by atoms with Crippen molar-refractivity contribution in [2.24, 2.45) is 0 Å². The number of hydrogen-bond donors (Lipinski definition) is 1. The van der Waals surface area contributed by atoms with Crippen LogP contribution in [0.4, 0.5) is 11.6 Å². The third-order valence-corrected chi connectivity index (χ3v) is 8.89. The van der Waals surface area contributed by atoms with Crippen LogP contribution in [0.2, 0.25) is 0 Å². The predicted molar refractivity (Wildman–Crippen MR) is 153 cm³/mol. The second-order valence-corrected chi connectivity index (χ2v) is 13.5. The van der Waals surface area contributed by atoms with E-state index >= 15 is 0 Å². The number of aromatic nitrogens is 5. The lowest BCUT2D eigenvalue weighted by Crippen LogP contribution is -2.36. The van der Waals surface area contributed by atoms with Crippen LogP contribution in [0.1, 0.15) is 64.4 Å². The molecule has 10 nitrogen and oxygen atoms in total. The third-order valence-electron chi connectivity index (χ3n) is 7.07. The topological polar surface area (TPSA) is 115 Å². The number of pyridine rings is 1. The summed E-state index contributed by atoms with van der Waals surface area (Å²) in [6, 6.07) is 9.67. The highest BCUT2D eigenvalue weighted by Crippen LogP contribution is 2.27. The number of nitrogens with one attached hydrogen (secondary N) is 1. The molecule has 0 saturated heterocycles. The average molecular weight is 550 g/mol. The lowest BCUT2D eigenvalue weighted by atomic mass is 9.91. The molecule has 3 aromatic heterocycles. The number of sulfonamides is 1. The second kappa shape index (κ2) is 9.87. The molecule has 0 aliphatic carbocycles. The Hall–Kier alpha value is -3.57. The monoisotopic (exact) mass is 549 g/mol. The van der Waals surface area contributed by atoms with Gasteiger partial charge in [-0.05, 0) is 62.6 Å². The van der Waals surface area contributed by atoms with Gasteiger partial charge >= 0.3 is 0 Å². The smallest absolute Gasteiger partial charge is 0.278 e. The predicted octanol–water partition coefficient (Wildman–Crippen LogP) is 4.31. The lowest BCUT2D eigenvalue weighted by Gasteiger charge is -2.28. The largest absolute Gasteiger partial charge is 0.324 e. The minimum Gasteiger partial charge on any atom is -0.324 e. The Morgan fingerprint density at radius 1 is 1.08 bits per heavy atom. The van der Waals surface area contributed by atoms with Crippen molar-refractivity contribution in [1.29, 1.82) is 0 Å². The number of benzene rings is 1. The van der Waals surface area contributed by atoms with Gasteiger partial charge in [-0.1, -0.05) is 26.8 Å². The maximum atomic E-state index is 13.4. The molecule has 0 radical (unpaired) electrons. The number of hydrogen-bond acceptors (Lipinski definition) is 7. The first-order valence-corrected chi connectivity index (χ1v) is 14.8. The molecule has 39 heavy (non-hydrogen) atoms. The van der Waals surface area contributed by atoms with Crippen molar-refractivity contribution >= 4 is 32.7 Å². The van der Waals surface area contributed by atoms with Gasteiger partial charge in [-0.3, -0.25) is 9.78 Å². The number of fused-ring (bicyclic) bond motifs is 2. The van der Waals surface area contributed by atoms with E-state index in [0.29, 0.717) is 36.5 Å². The van der Waals surface area contributed by atoms with Gasteiger partial charge in [-0.25, -0.2) is 22.8 Å². The molecule has 0 saturated carbocycles. The van der Waals surface area contributed by atoms with Gasteiger partial charge in [0, 0.05) is 48.3 Å². The number of nitrogens with zero attached hydrogens (tertiary/aromatic N) is 6. The average Bonchev–Trinajstić information content (AvgIpc) is 3.19. The van der Waals surface area contributed by atoms with E-state index < -0.39 is 10.0 Å². The van der Waals surface area contributed by atoms with Crippen LogP contribution in [0.15, 0.2) is 47.5 Å². The van der Waals surface area contributed by atoms with E-state index in [2.05, 4.69) is 36.1 Å². The Bertz CT molecular complexity index is 1720. The van der Waals surface area contributed by atoms with Crippen LogP contribution >= 0.6 is 0 Å². The Morgan fingerprint density at radius 2 is 1.85 bits per heavy atom. The van der Waals surface area contributed by atoms with Crippen molar-refractivity contribution in [3.63, 3.8) is 0 Å². The van der Waals surface area contributed by atoms with Crippen molar-refractivity contribution < 1.29 is 8.42 Å². The number of rotatable bonds is 6. The van der Waals surface area contributed by atoms with Gasteiger partial charge in [-0.15, -0.1) is 0 Å². The first-order chi connectivity index (χ1) is 18.4. The van der Waals surface area contributed by atoms with Crippen LogP contribution in [0.5, 0.6) is 0 Å². The Kier molecular flexibility index (Phi) is 6.84. The molecule has 0 fully saturated rings. The van der Waals surface area contributed by atoms with Gasteiger partial charge in [0.15, 0.2) is 5.65 Å². The summed E-state index contributed by atoms with van der Waals surface area (Å²) in [4.78, 5) is 27.1. The zero-order valence-corrected chi connectivity index (χ0v) is 24.1. The Balaban J connectivity index is 1.56. The summed E-state index contributed by atoms with van der Waals surface area (Å²) in [6.45, 7) is 12.7. The molecule has 0 bridgehead atoms. The summed E-state index contributed by atoms with van der Waals surface area (Å²) >= 11 is 0.